The number of carboxylic acids is 1. The van der Waals surface area contributed by atoms with Crippen molar-refractivity contribution in [1.29, 1.82) is 0 Å². The number of amides is 2. The van der Waals surface area contributed by atoms with Gasteiger partial charge in [0.05, 0.1) is 5.41 Å². The molecule has 0 spiro atoms. The predicted molar refractivity (Wildman–Crippen MR) is 129 cm³/mol. The third kappa shape index (κ3) is 3.77. The van der Waals surface area contributed by atoms with E-state index < -0.39 is 23.5 Å². The van der Waals surface area contributed by atoms with Gasteiger partial charge in [-0.25, -0.2) is 9.59 Å². The van der Waals surface area contributed by atoms with Crippen molar-refractivity contribution in [3.05, 3.63) is 59.7 Å². The Morgan fingerprint density at radius 1 is 1.00 bits per heavy atom. The average Bonchev–Trinajstić information content (AvgIpc) is 3.24. The molecule has 7 heteroatoms. The molecule has 0 bridgehead atoms. The Kier molecular flexibility index (Phi) is 5.31. The predicted octanol–water partition coefficient (Wildman–Crippen LogP) is 4.06. The van der Waals surface area contributed by atoms with E-state index in [1.54, 1.807) is 0 Å². The summed E-state index contributed by atoms with van der Waals surface area (Å²) in [6.07, 6.45) is 4.26. The van der Waals surface area contributed by atoms with Crippen LogP contribution in [0.15, 0.2) is 48.5 Å². The number of nitrogens with one attached hydrogen (secondary N) is 2. The van der Waals surface area contributed by atoms with Gasteiger partial charge >= 0.3 is 12.1 Å². The number of fused-ring (bicyclic) bond motifs is 4. The molecule has 7 nitrogen and oxygen atoms in total. The molecule has 0 aromatic heterocycles. The zero-order valence-electron chi connectivity index (χ0n) is 19.5. The standard InChI is InChI=1S/C28H30N2O5/c31-25(32)24(16-6-5-7-16)30-26(33)28-13-17(28)12-18(14-28)29-27(34)35-15-23-21-10-3-1-8-19(21)20-9-2-4-11-22(20)23/h1-4,8-11,16-18,23-24H,5-7,12-15H2,(H,29,34)(H,30,33)(H,31,32)/t17-,18+,24?,28+/m0/s1. The van der Waals surface area contributed by atoms with Crippen molar-refractivity contribution in [2.24, 2.45) is 17.3 Å². The third-order valence-electron chi connectivity index (χ3n) is 8.70. The molecule has 3 fully saturated rings. The van der Waals surface area contributed by atoms with Crippen LogP contribution in [0.2, 0.25) is 0 Å². The molecule has 3 N–H and O–H groups in total. The van der Waals surface area contributed by atoms with E-state index >= 15 is 0 Å². The van der Waals surface area contributed by atoms with Crippen LogP contribution >= 0.6 is 0 Å². The number of aliphatic carboxylic acids is 1. The first-order valence-electron chi connectivity index (χ1n) is 12.6. The molecule has 4 atom stereocenters. The highest BCUT2D eigenvalue weighted by Gasteiger charge is 2.65. The minimum absolute atomic E-state index is 0.00158. The lowest BCUT2D eigenvalue weighted by Gasteiger charge is -2.32. The maximum absolute atomic E-state index is 13.0. The molecule has 1 unspecified atom stereocenters. The van der Waals surface area contributed by atoms with E-state index in [1.807, 2.05) is 24.3 Å². The summed E-state index contributed by atoms with van der Waals surface area (Å²) in [6, 6.07) is 15.5. The molecule has 4 aliphatic carbocycles. The first-order chi connectivity index (χ1) is 17.0. The minimum atomic E-state index is -0.956. The lowest BCUT2D eigenvalue weighted by Crippen LogP contribution is -2.50. The molecule has 4 aliphatic rings. The number of rotatable bonds is 7. The molecule has 6 rings (SSSR count). The lowest BCUT2D eigenvalue weighted by molar-refractivity contribution is -0.145. The summed E-state index contributed by atoms with van der Waals surface area (Å²) in [5.74, 6) is -0.901. The van der Waals surface area contributed by atoms with Gasteiger partial charge in [-0.1, -0.05) is 55.0 Å². The highest BCUT2D eigenvalue weighted by Crippen LogP contribution is 2.63. The van der Waals surface area contributed by atoms with Crippen molar-refractivity contribution in [2.75, 3.05) is 6.61 Å². The van der Waals surface area contributed by atoms with E-state index in [-0.39, 0.29) is 36.3 Å². The van der Waals surface area contributed by atoms with Gasteiger partial charge in [0.25, 0.3) is 0 Å². The second-order valence-corrected chi connectivity index (χ2v) is 10.6. The van der Waals surface area contributed by atoms with Gasteiger partial charge in [-0.3, -0.25) is 4.79 Å². The van der Waals surface area contributed by atoms with E-state index in [1.165, 1.54) is 22.3 Å². The van der Waals surface area contributed by atoms with Crippen LogP contribution in [0, 0.1) is 17.3 Å². The Morgan fingerprint density at radius 3 is 2.26 bits per heavy atom. The number of carboxylic acid groups (broad SMARTS) is 1. The fraction of sp³-hybridized carbons (Fsp3) is 0.464. The number of ether oxygens (including phenoxy) is 1. The van der Waals surface area contributed by atoms with E-state index in [4.69, 9.17) is 4.74 Å². The lowest BCUT2D eigenvalue weighted by atomic mass is 9.79. The van der Waals surface area contributed by atoms with Crippen LogP contribution in [0.5, 0.6) is 0 Å². The zero-order valence-corrected chi connectivity index (χ0v) is 19.5. The smallest absolute Gasteiger partial charge is 0.407 e. The van der Waals surface area contributed by atoms with Crippen molar-refractivity contribution < 1.29 is 24.2 Å². The fourth-order valence-electron chi connectivity index (χ4n) is 6.53. The van der Waals surface area contributed by atoms with Crippen molar-refractivity contribution in [3.63, 3.8) is 0 Å². The van der Waals surface area contributed by atoms with Crippen LogP contribution in [0.3, 0.4) is 0 Å². The van der Waals surface area contributed by atoms with Gasteiger partial charge in [0.15, 0.2) is 0 Å². The molecule has 2 aromatic carbocycles. The van der Waals surface area contributed by atoms with Crippen LogP contribution in [0.1, 0.15) is 55.6 Å². The fourth-order valence-corrected chi connectivity index (χ4v) is 6.53. The zero-order chi connectivity index (χ0) is 24.2. The molecule has 0 radical (unpaired) electrons. The number of benzene rings is 2. The van der Waals surface area contributed by atoms with Gasteiger partial charge in [0, 0.05) is 12.0 Å². The van der Waals surface area contributed by atoms with Crippen LogP contribution in [-0.4, -0.2) is 41.8 Å². The van der Waals surface area contributed by atoms with Gasteiger partial charge in [-0.2, -0.15) is 0 Å². The molecule has 35 heavy (non-hydrogen) atoms. The van der Waals surface area contributed by atoms with Crippen molar-refractivity contribution >= 4 is 18.0 Å². The van der Waals surface area contributed by atoms with Crippen LogP contribution < -0.4 is 10.6 Å². The molecule has 182 valence electrons. The summed E-state index contributed by atoms with van der Waals surface area (Å²) in [7, 11) is 0. The first kappa shape index (κ1) is 22.1. The molecule has 2 amide bonds. The summed E-state index contributed by atoms with van der Waals surface area (Å²) < 4.78 is 5.67. The molecule has 0 aliphatic heterocycles. The summed E-state index contributed by atoms with van der Waals surface area (Å²) in [5.41, 5.74) is 4.15. The second-order valence-electron chi connectivity index (χ2n) is 10.6. The maximum atomic E-state index is 13.0. The van der Waals surface area contributed by atoms with E-state index in [2.05, 4.69) is 34.9 Å². The molecular formula is C28H30N2O5. The van der Waals surface area contributed by atoms with Gasteiger partial charge in [0.1, 0.15) is 12.6 Å². The molecule has 2 aromatic rings. The Balaban J connectivity index is 1.05. The maximum Gasteiger partial charge on any atom is 0.407 e. The quantitative estimate of drug-likeness (QED) is 0.561. The molecular weight excluding hydrogens is 444 g/mol. The summed E-state index contributed by atoms with van der Waals surface area (Å²) in [5, 5.41) is 15.3. The van der Waals surface area contributed by atoms with Gasteiger partial charge in [-0.05, 0) is 66.2 Å². The minimum Gasteiger partial charge on any atom is -0.480 e. The largest absolute Gasteiger partial charge is 0.480 e. The van der Waals surface area contributed by atoms with E-state index in [9.17, 15) is 19.5 Å². The highest BCUT2D eigenvalue weighted by molar-refractivity contribution is 5.90. The van der Waals surface area contributed by atoms with E-state index in [0.29, 0.717) is 6.42 Å². The highest BCUT2D eigenvalue weighted by atomic mass is 16.5. The van der Waals surface area contributed by atoms with Gasteiger partial charge < -0.3 is 20.5 Å². The summed E-state index contributed by atoms with van der Waals surface area (Å²) in [6.45, 7) is 0.253. The van der Waals surface area contributed by atoms with E-state index in [0.717, 1.165) is 32.1 Å². The van der Waals surface area contributed by atoms with Crippen LogP contribution in [-0.2, 0) is 14.3 Å². The van der Waals surface area contributed by atoms with Crippen molar-refractivity contribution in [3.8, 4) is 11.1 Å². The summed E-state index contributed by atoms with van der Waals surface area (Å²) in [4.78, 5) is 37.3. The Morgan fingerprint density at radius 2 is 1.66 bits per heavy atom. The van der Waals surface area contributed by atoms with Crippen LogP contribution in [0.4, 0.5) is 4.79 Å². The van der Waals surface area contributed by atoms with Crippen molar-refractivity contribution in [1.82, 2.24) is 10.6 Å². The topological polar surface area (TPSA) is 105 Å². The molecule has 3 saturated carbocycles. The Hall–Kier alpha value is -3.35. The normalized spacial score (nSPS) is 27.1. The Bertz CT molecular complexity index is 1150. The molecule has 0 saturated heterocycles. The first-order valence-corrected chi connectivity index (χ1v) is 12.6. The molecule has 0 heterocycles. The number of carbonyl (C=O) groups is 3. The second kappa shape index (κ2) is 8.40. The van der Waals surface area contributed by atoms with Crippen molar-refractivity contribution in [2.45, 2.75) is 56.5 Å². The number of carbonyl (C=O) groups excluding carboxylic acids is 2. The third-order valence-corrected chi connectivity index (χ3v) is 8.70. The average molecular weight is 475 g/mol. The van der Waals surface area contributed by atoms with Gasteiger partial charge in [-0.15, -0.1) is 0 Å². The monoisotopic (exact) mass is 474 g/mol. The SMILES string of the molecule is O=C(N[C@@H]1C[C@H]2C[C@@]2(C(=O)NC(C(=O)O)C2CCC2)C1)OCC1c2ccccc2-c2ccccc21. The number of alkyl carbamates (subject to hydrolysis) is 1. The number of hydrogen-bond donors (Lipinski definition) is 3. The van der Waals surface area contributed by atoms with Gasteiger partial charge in [0.2, 0.25) is 5.91 Å². The Labute approximate surface area is 204 Å². The summed E-state index contributed by atoms with van der Waals surface area (Å²) >= 11 is 0. The number of hydrogen-bond acceptors (Lipinski definition) is 4. The van der Waals surface area contributed by atoms with Crippen LogP contribution in [0.25, 0.3) is 11.1 Å².